The lowest BCUT2D eigenvalue weighted by Crippen LogP contribution is -2.19. The molecule has 0 aliphatic heterocycles. The maximum Gasteiger partial charge on any atom is 0.225 e. The van der Waals surface area contributed by atoms with E-state index in [0.717, 1.165) is 32.7 Å². The first-order chi connectivity index (χ1) is 12.1. The number of nitrogens with two attached hydrogens (primary N) is 1. The van der Waals surface area contributed by atoms with Gasteiger partial charge in [-0.15, -0.1) is 11.3 Å². The van der Waals surface area contributed by atoms with Gasteiger partial charge in [-0.25, -0.2) is 4.98 Å². The molecule has 3 aromatic heterocycles. The number of fused-ring (bicyclic) bond motifs is 1. The molecule has 3 aromatic rings. The number of hydrogen-bond donors (Lipinski definition) is 2. The normalized spacial score (nSPS) is 16.5. The molecule has 0 bridgehead atoms. The summed E-state index contributed by atoms with van der Waals surface area (Å²) in [6, 6.07) is 4.20. The maximum atomic E-state index is 5.91. The monoisotopic (exact) mass is 440 g/mol. The van der Waals surface area contributed by atoms with Crippen molar-refractivity contribution >= 4 is 54.9 Å². The smallest absolute Gasteiger partial charge is 0.225 e. The standard InChI is InChI=1S/C11H7BrClN3OS.C6H11N/c12-7-5-18-9-8(7)15-11(13)16-10(9)14-4-6-2-1-3-17-6;7-6-4-2-1-3-5-6/h1-3,5H,4H2,(H,14,15,16);1-2,6H,3-5,7H2. The molecule has 1 aliphatic carbocycles. The molecule has 3 heterocycles. The Bertz CT molecular complexity index is 850. The minimum atomic E-state index is 0.226. The highest BCUT2D eigenvalue weighted by Gasteiger charge is 2.11. The largest absolute Gasteiger partial charge is 0.467 e. The highest BCUT2D eigenvalue weighted by atomic mass is 79.9. The molecule has 0 saturated carbocycles. The number of hydrogen-bond acceptors (Lipinski definition) is 6. The number of nitrogens with one attached hydrogen (secondary N) is 1. The van der Waals surface area contributed by atoms with E-state index in [1.54, 1.807) is 17.6 Å². The molecule has 1 unspecified atom stereocenters. The van der Waals surface area contributed by atoms with Gasteiger partial charge in [-0.2, -0.15) is 4.98 Å². The van der Waals surface area contributed by atoms with E-state index in [9.17, 15) is 0 Å². The minimum absolute atomic E-state index is 0.226. The fourth-order valence-electron chi connectivity index (χ4n) is 2.38. The van der Waals surface area contributed by atoms with Gasteiger partial charge in [0.15, 0.2) is 0 Å². The molecule has 3 N–H and O–H groups in total. The van der Waals surface area contributed by atoms with Gasteiger partial charge in [-0.3, -0.25) is 0 Å². The Hall–Kier alpha value is -1.41. The van der Waals surface area contributed by atoms with Crippen LogP contribution in [-0.4, -0.2) is 16.0 Å². The van der Waals surface area contributed by atoms with Gasteiger partial charge >= 0.3 is 0 Å². The molecule has 0 aromatic carbocycles. The van der Waals surface area contributed by atoms with Crippen molar-refractivity contribution < 1.29 is 4.42 Å². The Labute approximate surface area is 163 Å². The summed E-state index contributed by atoms with van der Waals surface area (Å²) < 4.78 is 7.15. The number of anilines is 1. The van der Waals surface area contributed by atoms with Gasteiger partial charge in [-0.05, 0) is 58.9 Å². The van der Waals surface area contributed by atoms with E-state index >= 15 is 0 Å². The summed E-state index contributed by atoms with van der Waals surface area (Å²) in [6.07, 6.45) is 9.44. The molecule has 0 radical (unpaired) electrons. The molecule has 1 atom stereocenters. The van der Waals surface area contributed by atoms with Gasteiger partial charge in [0.2, 0.25) is 5.28 Å². The number of thiophene rings is 1. The van der Waals surface area contributed by atoms with Crippen LogP contribution in [0.1, 0.15) is 25.0 Å². The molecular formula is C17H18BrClN4OS. The van der Waals surface area contributed by atoms with Crippen LogP contribution in [0.3, 0.4) is 0 Å². The molecule has 5 nitrogen and oxygen atoms in total. The molecule has 4 rings (SSSR count). The fourth-order valence-corrected chi connectivity index (χ4v) is 4.08. The highest BCUT2D eigenvalue weighted by Crippen LogP contribution is 2.34. The van der Waals surface area contributed by atoms with Crippen molar-refractivity contribution in [2.24, 2.45) is 5.73 Å². The number of furan rings is 1. The summed E-state index contributed by atoms with van der Waals surface area (Å²) in [4.78, 5) is 8.40. The van der Waals surface area contributed by atoms with E-state index < -0.39 is 0 Å². The zero-order valence-electron chi connectivity index (χ0n) is 13.4. The van der Waals surface area contributed by atoms with Crippen molar-refractivity contribution in [1.82, 2.24) is 9.97 Å². The summed E-state index contributed by atoms with van der Waals surface area (Å²) in [5.74, 6) is 1.56. The third kappa shape index (κ3) is 5.04. The van der Waals surface area contributed by atoms with Crippen molar-refractivity contribution in [1.29, 1.82) is 0 Å². The van der Waals surface area contributed by atoms with Gasteiger partial charge in [0.25, 0.3) is 0 Å². The number of rotatable bonds is 3. The highest BCUT2D eigenvalue weighted by molar-refractivity contribution is 9.10. The molecule has 0 amide bonds. The zero-order valence-corrected chi connectivity index (χ0v) is 16.6. The van der Waals surface area contributed by atoms with E-state index in [2.05, 4.69) is 43.4 Å². The minimum Gasteiger partial charge on any atom is -0.467 e. The summed E-state index contributed by atoms with van der Waals surface area (Å²) in [6.45, 7) is 0.560. The van der Waals surface area contributed by atoms with Crippen molar-refractivity contribution in [3.63, 3.8) is 0 Å². The molecule has 1 aliphatic rings. The average Bonchev–Trinajstić information content (AvgIpc) is 3.25. The predicted octanol–water partition coefficient (Wildman–Crippen LogP) is 5.37. The van der Waals surface area contributed by atoms with Crippen LogP contribution in [0.25, 0.3) is 10.2 Å². The second-order valence-corrected chi connectivity index (χ2v) is 7.65. The van der Waals surface area contributed by atoms with Crippen molar-refractivity contribution in [3.05, 3.63) is 51.4 Å². The second-order valence-electron chi connectivity index (χ2n) is 5.58. The van der Waals surface area contributed by atoms with Crippen LogP contribution < -0.4 is 11.1 Å². The predicted molar refractivity (Wildman–Crippen MR) is 107 cm³/mol. The first-order valence-electron chi connectivity index (χ1n) is 7.90. The third-order valence-electron chi connectivity index (χ3n) is 3.66. The van der Waals surface area contributed by atoms with Gasteiger partial charge in [0.1, 0.15) is 17.1 Å². The van der Waals surface area contributed by atoms with Crippen molar-refractivity contribution in [3.8, 4) is 0 Å². The zero-order chi connectivity index (χ0) is 17.6. The number of aromatic nitrogens is 2. The van der Waals surface area contributed by atoms with E-state index in [4.69, 9.17) is 21.8 Å². The van der Waals surface area contributed by atoms with Crippen LogP contribution in [0.5, 0.6) is 0 Å². The molecule has 25 heavy (non-hydrogen) atoms. The Morgan fingerprint density at radius 2 is 2.28 bits per heavy atom. The van der Waals surface area contributed by atoms with Crippen LogP contribution in [0.4, 0.5) is 5.82 Å². The van der Waals surface area contributed by atoms with Gasteiger partial charge in [0, 0.05) is 11.4 Å². The van der Waals surface area contributed by atoms with E-state index in [0.29, 0.717) is 12.6 Å². The van der Waals surface area contributed by atoms with Crippen molar-refractivity contribution in [2.75, 3.05) is 5.32 Å². The third-order valence-corrected chi connectivity index (χ3v) is 5.72. The van der Waals surface area contributed by atoms with Crippen LogP contribution in [0, 0.1) is 0 Å². The molecule has 0 fully saturated rings. The Morgan fingerprint density at radius 1 is 1.40 bits per heavy atom. The summed E-state index contributed by atoms with van der Waals surface area (Å²) >= 11 is 10.9. The first-order valence-corrected chi connectivity index (χ1v) is 9.95. The maximum absolute atomic E-state index is 5.91. The lowest BCUT2D eigenvalue weighted by Gasteiger charge is -2.09. The molecule has 0 saturated heterocycles. The lowest BCUT2D eigenvalue weighted by molar-refractivity contribution is 0.518. The average molecular weight is 442 g/mol. The van der Waals surface area contributed by atoms with Crippen LogP contribution in [0.2, 0.25) is 5.28 Å². The molecule has 132 valence electrons. The van der Waals surface area contributed by atoms with Crippen molar-refractivity contribution in [2.45, 2.75) is 31.8 Å². The number of halogens is 2. The molecule has 8 heteroatoms. The topological polar surface area (TPSA) is 77.0 Å². The SMILES string of the molecule is Clc1nc(NCc2ccco2)c2scc(Br)c2n1.NC1CC=CCC1. The Balaban J connectivity index is 0.000000219. The first kappa shape index (κ1) is 18.4. The summed E-state index contributed by atoms with van der Waals surface area (Å²) in [5.41, 5.74) is 6.40. The fraction of sp³-hybridized carbons (Fsp3) is 0.294. The van der Waals surface area contributed by atoms with Gasteiger partial charge in [0.05, 0.1) is 22.0 Å². The Morgan fingerprint density at radius 3 is 2.92 bits per heavy atom. The molecule has 0 spiro atoms. The lowest BCUT2D eigenvalue weighted by atomic mass is 10.0. The van der Waals surface area contributed by atoms with E-state index in [-0.39, 0.29) is 5.28 Å². The van der Waals surface area contributed by atoms with Crippen LogP contribution in [0.15, 0.2) is 44.8 Å². The summed E-state index contributed by atoms with van der Waals surface area (Å²) in [5, 5.41) is 5.40. The van der Waals surface area contributed by atoms with E-state index in [1.165, 1.54) is 12.8 Å². The molecular weight excluding hydrogens is 424 g/mol. The van der Waals surface area contributed by atoms with Gasteiger partial charge < -0.3 is 15.5 Å². The van der Waals surface area contributed by atoms with Crippen LogP contribution >= 0.6 is 38.9 Å². The summed E-state index contributed by atoms with van der Waals surface area (Å²) in [7, 11) is 0. The number of allylic oxidation sites excluding steroid dienone is 1. The van der Waals surface area contributed by atoms with Gasteiger partial charge in [-0.1, -0.05) is 12.2 Å². The van der Waals surface area contributed by atoms with Crippen LogP contribution in [-0.2, 0) is 6.54 Å². The van der Waals surface area contributed by atoms with E-state index in [1.807, 2.05) is 17.5 Å². The second kappa shape index (κ2) is 8.80. The Kier molecular flexibility index (Phi) is 6.47. The quantitative estimate of drug-likeness (QED) is 0.422. The number of nitrogens with zero attached hydrogens (tertiary/aromatic N) is 2.